The number of carbonyl (C=O) groups is 3. The van der Waals surface area contributed by atoms with Crippen molar-refractivity contribution in [3.05, 3.63) is 137 Å². The fraction of sp³-hybridized carbons (Fsp3) is 0.143. The quantitative estimate of drug-likeness (QED) is 0.191. The van der Waals surface area contributed by atoms with Gasteiger partial charge >= 0.3 is 12.0 Å². The van der Waals surface area contributed by atoms with Crippen LogP contribution in [0.5, 0.6) is 0 Å². The Morgan fingerprint density at radius 2 is 1.64 bits per heavy atom. The second-order valence-corrected chi connectivity index (χ2v) is 10.1. The summed E-state index contributed by atoms with van der Waals surface area (Å²) in [4.78, 5) is 46.2. The first-order valence-corrected chi connectivity index (χ1v) is 14.1. The molecule has 1 atom stereocenters. The van der Waals surface area contributed by atoms with Crippen molar-refractivity contribution >= 4 is 40.6 Å². The maximum Gasteiger partial charge on any atom is 0.331 e. The number of para-hydroxylation sites is 1. The predicted octanol–water partition coefficient (Wildman–Crippen LogP) is 6.11. The molecule has 4 aromatic carbocycles. The standard InChI is InChI=1S/C35H31FN4O4/c1-3-44-31(41)21-25(24-13-5-4-6-14-24)22-40-30-19-10-8-17-28(30)32(27-16-7-9-18-29(27)36)38-33(34(40)42)39-35(43)37-26-15-11-12-23(2)20-26/h4-21,33H,3,22H2,1-2H3,(H2,37,39,43)/b25-21-. The van der Waals surface area contributed by atoms with Gasteiger partial charge < -0.3 is 20.3 Å². The molecular weight excluding hydrogens is 559 g/mol. The maximum atomic E-state index is 15.2. The van der Waals surface area contributed by atoms with E-state index in [-0.39, 0.29) is 24.4 Å². The van der Waals surface area contributed by atoms with E-state index in [9.17, 15) is 14.4 Å². The van der Waals surface area contributed by atoms with Gasteiger partial charge in [0, 0.05) is 22.9 Å². The smallest absolute Gasteiger partial charge is 0.331 e. The summed E-state index contributed by atoms with van der Waals surface area (Å²) in [5.74, 6) is -1.66. The molecule has 1 aliphatic rings. The lowest BCUT2D eigenvalue weighted by atomic mass is 9.99. The Balaban J connectivity index is 1.60. The monoisotopic (exact) mass is 590 g/mol. The van der Waals surface area contributed by atoms with E-state index in [2.05, 4.69) is 15.6 Å². The molecule has 0 saturated carbocycles. The number of benzene rings is 4. The third-order valence-electron chi connectivity index (χ3n) is 6.93. The Bertz CT molecular complexity index is 1750. The number of esters is 1. The Hall–Kier alpha value is -5.57. The molecule has 0 bridgehead atoms. The Morgan fingerprint density at radius 1 is 0.932 bits per heavy atom. The number of rotatable bonds is 8. The number of hydrogen-bond donors (Lipinski definition) is 2. The van der Waals surface area contributed by atoms with Gasteiger partial charge in [-0.15, -0.1) is 0 Å². The number of anilines is 2. The Labute approximate surface area is 254 Å². The van der Waals surface area contributed by atoms with E-state index in [0.717, 1.165) is 5.56 Å². The minimum Gasteiger partial charge on any atom is -0.463 e. The summed E-state index contributed by atoms with van der Waals surface area (Å²) in [6, 6.07) is 28.8. The molecule has 4 aromatic rings. The molecule has 8 nitrogen and oxygen atoms in total. The molecule has 9 heteroatoms. The Kier molecular flexibility index (Phi) is 9.25. The first-order valence-electron chi connectivity index (χ1n) is 14.1. The van der Waals surface area contributed by atoms with Gasteiger partial charge in [0.1, 0.15) is 5.82 Å². The lowest BCUT2D eigenvalue weighted by Gasteiger charge is -2.27. The number of benzodiazepines with no additional fused rings is 1. The number of hydrogen-bond acceptors (Lipinski definition) is 5. The summed E-state index contributed by atoms with van der Waals surface area (Å²) in [5.41, 5.74) is 3.97. The van der Waals surface area contributed by atoms with E-state index in [4.69, 9.17) is 4.74 Å². The average Bonchev–Trinajstić information content (AvgIpc) is 3.12. The van der Waals surface area contributed by atoms with E-state index in [0.29, 0.717) is 28.1 Å². The highest BCUT2D eigenvalue weighted by Crippen LogP contribution is 2.31. The van der Waals surface area contributed by atoms with E-state index < -0.39 is 29.9 Å². The third kappa shape index (κ3) is 6.90. The van der Waals surface area contributed by atoms with E-state index in [1.165, 1.54) is 17.0 Å². The lowest BCUT2D eigenvalue weighted by Crippen LogP contribution is -2.49. The zero-order valence-corrected chi connectivity index (χ0v) is 24.3. The van der Waals surface area contributed by atoms with Gasteiger partial charge in [0.05, 0.1) is 24.6 Å². The molecule has 0 aromatic heterocycles. The van der Waals surface area contributed by atoms with Crippen molar-refractivity contribution in [2.24, 2.45) is 4.99 Å². The number of aryl methyl sites for hydroxylation is 1. The first kappa shape index (κ1) is 29.9. The molecule has 0 aliphatic carbocycles. The van der Waals surface area contributed by atoms with Crippen LogP contribution in [0.4, 0.5) is 20.6 Å². The number of carbonyl (C=O) groups excluding carboxylic acids is 3. The highest BCUT2D eigenvalue weighted by atomic mass is 19.1. The molecule has 0 saturated heterocycles. The van der Waals surface area contributed by atoms with Crippen molar-refractivity contribution in [1.82, 2.24) is 5.32 Å². The van der Waals surface area contributed by atoms with Gasteiger partial charge in [-0.05, 0) is 60.9 Å². The van der Waals surface area contributed by atoms with Crippen LogP contribution in [0.3, 0.4) is 0 Å². The van der Waals surface area contributed by atoms with E-state index in [1.807, 2.05) is 43.3 Å². The van der Waals surface area contributed by atoms with Gasteiger partial charge in [0.2, 0.25) is 6.17 Å². The number of halogens is 1. The van der Waals surface area contributed by atoms with Crippen molar-refractivity contribution in [2.75, 3.05) is 23.4 Å². The van der Waals surface area contributed by atoms with Crippen LogP contribution < -0.4 is 15.5 Å². The molecule has 44 heavy (non-hydrogen) atoms. The second-order valence-electron chi connectivity index (χ2n) is 10.1. The van der Waals surface area contributed by atoms with Crippen LogP contribution in [0.1, 0.15) is 29.2 Å². The average molecular weight is 591 g/mol. The number of urea groups is 1. The maximum absolute atomic E-state index is 15.2. The molecular formula is C35H31FN4O4. The molecule has 0 radical (unpaired) electrons. The minimum atomic E-state index is -1.43. The highest BCUT2D eigenvalue weighted by molar-refractivity contribution is 6.21. The van der Waals surface area contributed by atoms with Crippen molar-refractivity contribution < 1.29 is 23.5 Å². The van der Waals surface area contributed by atoms with Gasteiger partial charge in [-0.1, -0.05) is 72.8 Å². The first-order chi connectivity index (χ1) is 21.3. The topological polar surface area (TPSA) is 100 Å². The zero-order valence-electron chi connectivity index (χ0n) is 24.3. The molecule has 2 N–H and O–H groups in total. The number of fused-ring (bicyclic) bond motifs is 1. The molecule has 0 fully saturated rings. The van der Waals surface area contributed by atoms with E-state index >= 15 is 4.39 Å². The van der Waals surface area contributed by atoms with Gasteiger partial charge in [0.25, 0.3) is 5.91 Å². The van der Waals surface area contributed by atoms with Gasteiger partial charge in [-0.2, -0.15) is 0 Å². The number of aliphatic imine (C=N–C) groups is 1. The SMILES string of the molecule is CCOC(=O)/C=C(/CN1C(=O)C(NC(=O)Nc2cccc(C)c2)N=C(c2ccccc2F)c2ccccc21)c1ccccc1. The number of ether oxygens (including phenoxy) is 1. The molecule has 1 unspecified atom stereocenters. The van der Waals surface area contributed by atoms with Crippen molar-refractivity contribution in [2.45, 2.75) is 20.0 Å². The predicted molar refractivity (Wildman–Crippen MR) is 169 cm³/mol. The molecule has 1 aliphatic heterocycles. The summed E-state index contributed by atoms with van der Waals surface area (Å²) < 4.78 is 20.4. The number of amides is 3. The molecule has 222 valence electrons. The van der Waals surface area contributed by atoms with E-state index in [1.54, 1.807) is 67.6 Å². The zero-order chi connectivity index (χ0) is 31.1. The largest absolute Gasteiger partial charge is 0.463 e. The summed E-state index contributed by atoms with van der Waals surface area (Å²) >= 11 is 0. The van der Waals surface area contributed by atoms with Crippen molar-refractivity contribution in [3.8, 4) is 0 Å². The fourth-order valence-corrected chi connectivity index (χ4v) is 4.94. The van der Waals surface area contributed by atoms with Crippen molar-refractivity contribution in [3.63, 3.8) is 0 Å². The highest BCUT2D eigenvalue weighted by Gasteiger charge is 2.34. The number of nitrogens with zero attached hydrogens (tertiary/aromatic N) is 2. The van der Waals surface area contributed by atoms with Gasteiger partial charge in [0.15, 0.2) is 0 Å². The van der Waals surface area contributed by atoms with Gasteiger partial charge in [-0.3, -0.25) is 4.79 Å². The van der Waals surface area contributed by atoms with Crippen LogP contribution >= 0.6 is 0 Å². The van der Waals surface area contributed by atoms with Crippen LogP contribution in [0.2, 0.25) is 0 Å². The number of nitrogens with one attached hydrogen (secondary N) is 2. The normalized spacial score (nSPS) is 14.7. The molecule has 5 rings (SSSR count). The molecule has 0 spiro atoms. The Morgan fingerprint density at radius 3 is 2.36 bits per heavy atom. The minimum absolute atomic E-state index is 0.0591. The van der Waals surface area contributed by atoms with Gasteiger partial charge in [-0.25, -0.2) is 19.0 Å². The van der Waals surface area contributed by atoms with Crippen LogP contribution in [0, 0.1) is 12.7 Å². The summed E-state index contributed by atoms with van der Waals surface area (Å²) in [7, 11) is 0. The summed E-state index contributed by atoms with van der Waals surface area (Å²) in [5, 5.41) is 5.42. The molecule has 1 heterocycles. The van der Waals surface area contributed by atoms with Crippen molar-refractivity contribution in [1.29, 1.82) is 0 Å². The molecule has 3 amide bonds. The summed E-state index contributed by atoms with van der Waals surface area (Å²) in [6.45, 7) is 3.73. The fourth-order valence-electron chi connectivity index (χ4n) is 4.94. The van der Waals surface area contributed by atoms with Crippen LogP contribution in [0.15, 0.2) is 114 Å². The lowest BCUT2D eigenvalue weighted by molar-refractivity contribution is -0.137. The summed E-state index contributed by atoms with van der Waals surface area (Å²) in [6.07, 6.45) is -0.0769. The van der Waals surface area contributed by atoms with Crippen LogP contribution in [-0.4, -0.2) is 42.9 Å². The third-order valence-corrected chi connectivity index (χ3v) is 6.93. The van der Waals surface area contributed by atoms with Crippen LogP contribution in [-0.2, 0) is 14.3 Å². The van der Waals surface area contributed by atoms with Crippen LogP contribution in [0.25, 0.3) is 5.57 Å². The second kappa shape index (κ2) is 13.6.